The van der Waals surface area contributed by atoms with Crippen molar-refractivity contribution in [2.45, 2.75) is 26.4 Å². The summed E-state index contributed by atoms with van der Waals surface area (Å²) in [7, 11) is 0. The smallest absolute Gasteiger partial charge is 0.148 e. The zero-order valence-electron chi connectivity index (χ0n) is 11.9. The van der Waals surface area contributed by atoms with Crippen LogP contribution < -0.4 is 0 Å². The number of halogens is 1. The van der Waals surface area contributed by atoms with Crippen molar-refractivity contribution in [2.75, 3.05) is 0 Å². The summed E-state index contributed by atoms with van der Waals surface area (Å²) in [6.07, 6.45) is 5.55. The molecule has 3 rings (SSSR count). The molecule has 3 aromatic rings. The SMILES string of the molecule is CC(C)n1ncnc1Cn1cc(-c2ccccc2I)cn1. The maximum Gasteiger partial charge on any atom is 0.148 e. The van der Waals surface area contributed by atoms with Crippen molar-refractivity contribution < 1.29 is 0 Å². The van der Waals surface area contributed by atoms with Crippen LogP contribution in [0.15, 0.2) is 43.0 Å². The Balaban J connectivity index is 1.86. The van der Waals surface area contributed by atoms with Gasteiger partial charge in [0.25, 0.3) is 0 Å². The van der Waals surface area contributed by atoms with E-state index in [1.807, 2.05) is 27.7 Å². The van der Waals surface area contributed by atoms with Gasteiger partial charge < -0.3 is 0 Å². The Kier molecular flexibility index (Phi) is 4.05. The topological polar surface area (TPSA) is 48.5 Å². The van der Waals surface area contributed by atoms with E-state index < -0.39 is 0 Å². The second kappa shape index (κ2) is 5.97. The lowest BCUT2D eigenvalue weighted by molar-refractivity contribution is 0.488. The minimum atomic E-state index is 0.299. The molecule has 2 heterocycles. The van der Waals surface area contributed by atoms with E-state index in [4.69, 9.17) is 0 Å². The second-order valence-corrected chi connectivity index (χ2v) is 6.28. The molecule has 0 radical (unpaired) electrons. The highest BCUT2D eigenvalue weighted by Gasteiger charge is 2.10. The Bertz CT molecular complexity index is 744. The van der Waals surface area contributed by atoms with Gasteiger partial charge >= 0.3 is 0 Å². The molecule has 5 nitrogen and oxygen atoms in total. The molecule has 0 fully saturated rings. The van der Waals surface area contributed by atoms with Gasteiger partial charge in [0.05, 0.1) is 6.20 Å². The molecule has 21 heavy (non-hydrogen) atoms. The molecule has 1 aromatic carbocycles. The van der Waals surface area contributed by atoms with E-state index in [1.165, 1.54) is 9.13 Å². The van der Waals surface area contributed by atoms with E-state index in [1.54, 1.807) is 6.33 Å². The number of benzene rings is 1. The van der Waals surface area contributed by atoms with Gasteiger partial charge in [-0.05, 0) is 48.1 Å². The fraction of sp³-hybridized carbons (Fsp3) is 0.267. The van der Waals surface area contributed by atoms with Crippen LogP contribution in [0.2, 0.25) is 0 Å². The average Bonchev–Trinajstić information content (AvgIpc) is 3.09. The summed E-state index contributed by atoms with van der Waals surface area (Å²) in [4.78, 5) is 4.32. The lowest BCUT2D eigenvalue weighted by atomic mass is 10.1. The van der Waals surface area contributed by atoms with Gasteiger partial charge in [-0.2, -0.15) is 10.2 Å². The summed E-state index contributed by atoms with van der Waals surface area (Å²) in [6, 6.07) is 8.60. The number of hydrogen-bond donors (Lipinski definition) is 0. The quantitative estimate of drug-likeness (QED) is 0.639. The Hall–Kier alpha value is -1.70. The molecule has 0 bridgehead atoms. The van der Waals surface area contributed by atoms with Crippen LogP contribution in [0.1, 0.15) is 25.7 Å². The van der Waals surface area contributed by atoms with Crippen molar-refractivity contribution in [3.05, 3.63) is 52.4 Å². The van der Waals surface area contributed by atoms with Gasteiger partial charge in [-0.25, -0.2) is 9.67 Å². The van der Waals surface area contributed by atoms with Crippen molar-refractivity contribution in [3.63, 3.8) is 0 Å². The summed E-state index contributed by atoms with van der Waals surface area (Å²) in [5.41, 5.74) is 2.32. The van der Waals surface area contributed by atoms with Crippen LogP contribution in [0, 0.1) is 3.57 Å². The van der Waals surface area contributed by atoms with Crippen LogP contribution in [0.5, 0.6) is 0 Å². The van der Waals surface area contributed by atoms with Gasteiger partial charge in [0.15, 0.2) is 0 Å². The van der Waals surface area contributed by atoms with Crippen molar-refractivity contribution in [3.8, 4) is 11.1 Å². The molecule has 0 aliphatic heterocycles. The lowest BCUT2D eigenvalue weighted by Crippen LogP contribution is -2.12. The normalized spacial score (nSPS) is 11.2. The second-order valence-electron chi connectivity index (χ2n) is 5.12. The van der Waals surface area contributed by atoms with E-state index in [9.17, 15) is 0 Å². The van der Waals surface area contributed by atoms with Crippen LogP contribution in [0.4, 0.5) is 0 Å². The summed E-state index contributed by atoms with van der Waals surface area (Å²) in [5, 5.41) is 8.70. The van der Waals surface area contributed by atoms with Crippen molar-refractivity contribution >= 4 is 22.6 Å². The summed E-state index contributed by atoms with van der Waals surface area (Å²) >= 11 is 2.35. The number of nitrogens with zero attached hydrogens (tertiary/aromatic N) is 5. The molecule has 0 spiro atoms. The van der Waals surface area contributed by atoms with Gasteiger partial charge in [0.2, 0.25) is 0 Å². The molecular weight excluding hydrogens is 377 g/mol. The molecule has 6 heteroatoms. The van der Waals surface area contributed by atoms with Crippen molar-refractivity contribution in [1.29, 1.82) is 0 Å². The van der Waals surface area contributed by atoms with Crippen LogP contribution in [0.25, 0.3) is 11.1 Å². The van der Waals surface area contributed by atoms with Gasteiger partial charge in [-0.15, -0.1) is 0 Å². The Morgan fingerprint density at radius 3 is 2.76 bits per heavy atom. The molecule has 0 N–H and O–H groups in total. The van der Waals surface area contributed by atoms with E-state index in [0.717, 1.165) is 11.4 Å². The Morgan fingerprint density at radius 1 is 1.19 bits per heavy atom. The summed E-state index contributed by atoms with van der Waals surface area (Å²) < 4.78 is 5.05. The van der Waals surface area contributed by atoms with E-state index in [-0.39, 0.29) is 0 Å². The standard InChI is InChI=1S/C15H16IN5/c1-11(2)21-15(17-10-19-21)9-20-8-12(7-18-20)13-5-3-4-6-14(13)16/h3-8,10-11H,9H2,1-2H3. The monoisotopic (exact) mass is 393 g/mol. The predicted molar refractivity (Wildman–Crippen MR) is 89.9 cm³/mol. The first-order valence-corrected chi connectivity index (χ1v) is 7.89. The van der Waals surface area contributed by atoms with Gasteiger partial charge in [-0.1, -0.05) is 18.2 Å². The molecular formula is C15H16IN5. The first kappa shape index (κ1) is 14.2. The summed E-state index contributed by atoms with van der Waals surface area (Å²) in [6.45, 7) is 4.82. The number of rotatable bonds is 4. The maximum atomic E-state index is 4.44. The fourth-order valence-corrected chi connectivity index (χ4v) is 2.95. The van der Waals surface area contributed by atoms with Crippen LogP contribution in [-0.2, 0) is 6.54 Å². The highest BCUT2D eigenvalue weighted by atomic mass is 127. The average molecular weight is 393 g/mol. The largest absolute Gasteiger partial charge is 0.264 e. The van der Waals surface area contributed by atoms with Crippen LogP contribution >= 0.6 is 22.6 Å². The molecule has 108 valence electrons. The molecule has 0 atom stereocenters. The van der Waals surface area contributed by atoms with Gasteiger partial charge in [0.1, 0.15) is 18.7 Å². The predicted octanol–water partition coefficient (Wildman–Crippen LogP) is 3.38. The molecule has 0 aliphatic rings. The first-order chi connectivity index (χ1) is 10.1. The lowest BCUT2D eigenvalue weighted by Gasteiger charge is -2.09. The van der Waals surface area contributed by atoms with Crippen LogP contribution in [-0.4, -0.2) is 24.5 Å². The van der Waals surface area contributed by atoms with E-state index in [0.29, 0.717) is 12.6 Å². The minimum Gasteiger partial charge on any atom is -0.264 e. The minimum absolute atomic E-state index is 0.299. The van der Waals surface area contributed by atoms with E-state index in [2.05, 4.69) is 69.9 Å². The molecule has 0 saturated carbocycles. The van der Waals surface area contributed by atoms with Crippen molar-refractivity contribution in [1.82, 2.24) is 24.5 Å². The Labute approximate surface area is 137 Å². The third-order valence-electron chi connectivity index (χ3n) is 3.26. The third-order valence-corrected chi connectivity index (χ3v) is 4.20. The zero-order valence-corrected chi connectivity index (χ0v) is 14.1. The zero-order chi connectivity index (χ0) is 14.8. The van der Waals surface area contributed by atoms with Crippen LogP contribution in [0.3, 0.4) is 0 Å². The highest BCUT2D eigenvalue weighted by Crippen LogP contribution is 2.24. The fourth-order valence-electron chi connectivity index (χ4n) is 2.25. The maximum absolute atomic E-state index is 4.44. The molecule has 0 amide bonds. The number of hydrogen-bond acceptors (Lipinski definition) is 3. The molecule has 0 unspecified atom stereocenters. The summed E-state index contributed by atoms with van der Waals surface area (Å²) in [5.74, 6) is 0.919. The van der Waals surface area contributed by atoms with E-state index >= 15 is 0 Å². The molecule has 0 saturated heterocycles. The number of aromatic nitrogens is 5. The molecule has 2 aromatic heterocycles. The van der Waals surface area contributed by atoms with Gasteiger partial charge in [0, 0.05) is 21.4 Å². The Morgan fingerprint density at radius 2 is 2.00 bits per heavy atom. The van der Waals surface area contributed by atoms with Gasteiger partial charge in [-0.3, -0.25) is 4.68 Å². The first-order valence-electron chi connectivity index (χ1n) is 6.81. The third kappa shape index (κ3) is 2.99. The van der Waals surface area contributed by atoms with Crippen molar-refractivity contribution in [2.24, 2.45) is 0 Å². The highest BCUT2D eigenvalue weighted by molar-refractivity contribution is 14.1. The molecule has 0 aliphatic carbocycles.